The molecule has 0 saturated heterocycles. The number of methoxy groups -OCH3 is 8. The van der Waals surface area contributed by atoms with Crippen LogP contribution in [0.3, 0.4) is 0 Å². The van der Waals surface area contributed by atoms with E-state index in [4.69, 9.17) is 47.4 Å². The first-order valence-electron chi connectivity index (χ1n) is 24.1. The normalized spacial score (nSPS) is 19.9. The van der Waals surface area contributed by atoms with Crippen LogP contribution in [-0.4, -0.2) is 144 Å². The number of likely N-dealkylation sites (N-methyl/N-ethyl adjacent to an activating group) is 2. The molecule has 0 saturated carbocycles. The van der Waals surface area contributed by atoms with Crippen LogP contribution in [0.5, 0.6) is 46.0 Å². The number of esters is 2. The van der Waals surface area contributed by atoms with E-state index in [1.165, 1.54) is 0 Å². The third kappa shape index (κ3) is 12.3. The standard InChI is InChI=1S/C55H72N2O14/c1-56(20-18-38-28-50(66-7)52(68-9)30-42(38)44(56)24-36-14-16-46(62-3)48(26-36)64-5)32-40(34-58)54(60)70-22-12-11-13-23-71-55(61)41(35-59)33-57(2)21-19-39-29-51(67-8)53(69-10)31-43(39)45(57)25-37-15-17-47(63-4)49(27-37)65-6/h14-17,26-31,34-35,40-41,44-45H,11-13,18-25,32-33H2,1-10H3/q+2. The number of ether oxygens (including phenoxy) is 10. The van der Waals surface area contributed by atoms with Crippen LogP contribution in [0.1, 0.15) is 64.7 Å². The highest BCUT2D eigenvalue weighted by atomic mass is 16.5. The fraction of sp³-hybridized carbons (Fsp3) is 0.491. The van der Waals surface area contributed by atoms with Gasteiger partial charge in [-0.2, -0.15) is 0 Å². The van der Waals surface area contributed by atoms with E-state index in [9.17, 15) is 19.2 Å². The Morgan fingerprint density at radius 3 is 1.17 bits per heavy atom. The summed E-state index contributed by atoms with van der Waals surface area (Å²) in [6, 6.07) is 19.4. The highest BCUT2D eigenvalue weighted by Gasteiger charge is 2.45. The Balaban J connectivity index is 1.05. The average molecular weight is 985 g/mol. The van der Waals surface area contributed by atoms with Crippen molar-refractivity contribution in [2.24, 2.45) is 11.8 Å². The molecule has 2 aliphatic rings. The Hall–Kier alpha value is -6.52. The van der Waals surface area contributed by atoms with Crippen molar-refractivity contribution in [3.05, 3.63) is 94.0 Å². The SMILES string of the molecule is COc1ccc(CC2c3cc(OC)c(OC)cc3CC[N+]2(C)CC(C=O)C(=O)OCCCCCOC(=O)C(C=O)C[N+]2(C)CCc3cc(OC)c(OC)cc3C2Cc2ccc(OC)c(OC)c2)cc1OC. The molecule has 0 aliphatic carbocycles. The van der Waals surface area contributed by atoms with E-state index in [1.54, 1.807) is 56.9 Å². The van der Waals surface area contributed by atoms with Crippen molar-refractivity contribution in [2.75, 3.05) is 110 Å². The number of aldehydes is 2. The molecule has 4 aromatic carbocycles. The molecule has 0 bridgehead atoms. The third-order valence-corrected chi connectivity index (χ3v) is 14.5. The second kappa shape index (κ2) is 24.5. The number of fused-ring (bicyclic) bond motifs is 2. The van der Waals surface area contributed by atoms with E-state index in [-0.39, 0.29) is 38.4 Å². The highest BCUT2D eigenvalue weighted by Crippen LogP contribution is 2.45. The van der Waals surface area contributed by atoms with Crippen molar-refractivity contribution in [3.63, 3.8) is 0 Å². The lowest BCUT2D eigenvalue weighted by molar-refractivity contribution is -0.942. The topological polar surface area (TPSA) is 161 Å². The minimum Gasteiger partial charge on any atom is -0.493 e. The van der Waals surface area contributed by atoms with Gasteiger partial charge in [-0.15, -0.1) is 0 Å². The van der Waals surface area contributed by atoms with Crippen molar-refractivity contribution in [1.82, 2.24) is 0 Å². The summed E-state index contributed by atoms with van der Waals surface area (Å²) in [6.07, 6.45) is 5.51. The summed E-state index contributed by atoms with van der Waals surface area (Å²) < 4.78 is 57.1. The summed E-state index contributed by atoms with van der Waals surface area (Å²) in [5, 5.41) is 0. The number of nitrogens with zero attached hydrogens (tertiary/aromatic N) is 2. The van der Waals surface area contributed by atoms with Crippen LogP contribution >= 0.6 is 0 Å². The second-order valence-electron chi connectivity index (χ2n) is 18.8. The van der Waals surface area contributed by atoms with Gasteiger partial charge in [0.25, 0.3) is 0 Å². The van der Waals surface area contributed by atoms with Gasteiger partial charge in [-0.1, -0.05) is 12.1 Å². The summed E-state index contributed by atoms with van der Waals surface area (Å²) in [6.45, 7) is 1.99. The molecule has 0 amide bonds. The molecule has 16 nitrogen and oxygen atoms in total. The zero-order valence-corrected chi connectivity index (χ0v) is 43.0. The zero-order valence-electron chi connectivity index (χ0n) is 43.0. The Morgan fingerprint density at radius 2 is 0.831 bits per heavy atom. The first kappa shape index (κ1) is 53.8. The molecule has 6 unspecified atom stereocenters. The predicted molar refractivity (Wildman–Crippen MR) is 265 cm³/mol. The fourth-order valence-corrected chi connectivity index (χ4v) is 10.4. The number of carbonyl (C=O) groups excluding carboxylic acids is 4. The molecule has 4 aromatic rings. The molecule has 6 rings (SSSR count). The van der Waals surface area contributed by atoms with Gasteiger partial charge in [0.15, 0.2) is 57.8 Å². The van der Waals surface area contributed by atoms with Crippen LogP contribution < -0.4 is 37.9 Å². The number of benzene rings is 4. The van der Waals surface area contributed by atoms with Crippen molar-refractivity contribution in [3.8, 4) is 46.0 Å². The lowest BCUT2D eigenvalue weighted by Gasteiger charge is -2.46. The monoisotopic (exact) mass is 984 g/mol. The first-order valence-corrected chi connectivity index (χ1v) is 24.1. The lowest BCUT2D eigenvalue weighted by Crippen LogP contribution is -2.55. The van der Waals surface area contributed by atoms with Crippen molar-refractivity contribution < 1.29 is 75.5 Å². The van der Waals surface area contributed by atoms with Crippen LogP contribution in [-0.2, 0) is 54.3 Å². The number of quaternary nitrogens is 2. The largest absolute Gasteiger partial charge is 0.493 e. The molecular weight excluding hydrogens is 913 g/mol. The number of unbranched alkanes of at least 4 members (excludes halogenated alkanes) is 2. The van der Waals surface area contributed by atoms with Gasteiger partial charge in [-0.25, -0.2) is 0 Å². The summed E-state index contributed by atoms with van der Waals surface area (Å²) in [5.74, 6) is 1.76. The Labute approximate surface area is 418 Å². The molecule has 384 valence electrons. The maximum atomic E-state index is 13.6. The van der Waals surface area contributed by atoms with E-state index in [2.05, 4.69) is 14.1 Å². The van der Waals surface area contributed by atoms with E-state index in [1.807, 2.05) is 60.7 Å². The van der Waals surface area contributed by atoms with E-state index < -0.39 is 23.8 Å². The Morgan fingerprint density at radius 1 is 0.493 bits per heavy atom. The van der Waals surface area contributed by atoms with Gasteiger partial charge in [-0.05, 0) is 90.0 Å². The van der Waals surface area contributed by atoms with Gasteiger partial charge >= 0.3 is 11.9 Å². The average Bonchev–Trinajstić information content (AvgIpc) is 3.39. The fourth-order valence-electron chi connectivity index (χ4n) is 10.4. The van der Waals surface area contributed by atoms with Crippen LogP contribution in [0.2, 0.25) is 0 Å². The van der Waals surface area contributed by atoms with Crippen LogP contribution in [0.25, 0.3) is 0 Å². The summed E-state index contributed by atoms with van der Waals surface area (Å²) in [7, 11) is 17.0. The van der Waals surface area contributed by atoms with Crippen LogP contribution in [0, 0.1) is 11.8 Å². The van der Waals surface area contributed by atoms with E-state index >= 15 is 0 Å². The van der Waals surface area contributed by atoms with Crippen molar-refractivity contribution in [1.29, 1.82) is 0 Å². The predicted octanol–water partition coefficient (Wildman–Crippen LogP) is 6.92. The molecule has 0 radical (unpaired) electrons. The summed E-state index contributed by atoms with van der Waals surface area (Å²) in [5.41, 5.74) is 6.33. The maximum Gasteiger partial charge on any atom is 0.322 e. The quantitative estimate of drug-likeness (QED) is 0.0210. The number of carbonyl (C=O) groups is 4. The van der Waals surface area contributed by atoms with Gasteiger partial charge in [0.1, 0.15) is 24.7 Å². The molecule has 0 fully saturated rings. The lowest BCUT2D eigenvalue weighted by atomic mass is 9.85. The maximum absolute atomic E-state index is 13.6. The van der Waals surface area contributed by atoms with Gasteiger partial charge in [-0.3, -0.25) is 9.59 Å². The Kier molecular flexibility index (Phi) is 18.6. The number of rotatable bonds is 26. The van der Waals surface area contributed by atoms with E-state index in [0.717, 1.165) is 33.4 Å². The molecule has 16 heteroatoms. The molecule has 6 atom stereocenters. The smallest absolute Gasteiger partial charge is 0.322 e. The molecule has 0 N–H and O–H groups in total. The Bertz CT molecular complexity index is 2330. The van der Waals surface area contributed by atoms with Crippen molar-refractivity contribution >= 4 is 24.5 Å². The van der Waals surface area contributed by atoms with Gasteiger partial charge in [0, 0.05) is 36.8 Å². The molecular formula is C55H72N2O14+2. The second-order valence-corrected chi connectivity index (χ2v) is 18.8. The first-order chi connectivity index (χ1) is 34.2. The van der Waals surface area contributed by atoms with E-state index in [0.29, 0.717) is 126 Å². The molecule has 71 heavy (non-hydrogen) atoms. The highest BCUT2D eigenvalue weighted by molar-refractivity contribution is 5.88. The number of hydrogen-bond acceptors (Lipinski definition) is 14. The van der Waals surface area contributed by atoms with Gasteiger partial charge in [0.2, 0.25) is 0 Å². The minimum absolute atomic E-state index is 0.0993. The summed E-state index contributed by atoms with van der Waals surface area (Å²) in [4.78, 5) is 52.4. The van der Waals surface area contributed by atoms with Gasteiger partial charge < -0.3 is 65.9 Å². The molecule has 0 aromatic heterocycles. The van der Waals surface area contributed by atoms with Gasteiger partial charge in [0.05, 0.1) is 110 Å². The number of hydrogen-bond donors (Lipinski definition) is 0. The van der Waals surface area contributed by atoms with Crippen molar-refractivity contribution in [2.45, 2.75) is 57.0 Å². The molecule has 2 heterocycles. The third-order valence-electron chi connectivity index (χ3n) is 14.5. The summed E-state index contributed by atoms with van der Waals surface area (Å²) >= 11 is 0. The van der Waals surface area contributed by atoms with Crippen LogP contribution in [0.4, 0.5) is 0 Å². The molecule has 0 spiro atoms. The minimum atomic E-state index is -1.00. The van der Waals surface area contributed by atoms with Crippen LogP contribution in [0.15, 0.2) is 60.7 Å². The molecule has 2 aliphatic heterocycles. The zero-order chi connectivity index (χ0) is 51.3.